The molecule has 250 valence electrons. The molecule has 0 spiro atoms. The number of ketones is 1. The minimum absolute atomic E-state index is 0.0101. The molecule has 3 aromatic carbocycles. The number of carbonyl (C=O) groups excluding carboxylic acids is 2. The Balaban J connectivity index is 1.41. The molecule has 1 fully saturated rings. The van der Waals surface area contributed by atoms with Gasteiger partial charge in [0.15, 0.2) is 15.8 Å². The molecule has 1 aromatic heterocycles. The average molecular weight is 690 g/mol. The van der Waals surface area contributed by atoms with E-state index in [1.165, 1.54) is 22.7 Å². The third-order valence-electron chi connectivity index (χ3n) is 8.06. The zero-order valence-corrected chi connectivity index (χ0v) is 28.7. The summed E-state index contributed by atoms with van der Waals surface area (Å²) in [5.41, 5.74) is 2.24. The van der Waals surface area contributed by atoms with Gasteiger partial charge in [0.1, 0.15) is 23.4 Å². The van der Waals surface area contributed by atoms with Gasteiger partial charge in [-0.05, 0) is 79.3 Å². The van der Waals surface area contributed by atoms with E-state index in [1.807, 2.05) is 13.8 Å². The van der Waals surface area contributed by atoms with Crippen LogP contribution >= 0.6 is 23.1 Å². The second kappa shape index (κ2) is 14.4. The number of thioether (sulfide) groups is 1. The topological polar surface area (TPSA) is 111 Å². The van der Waals surface area contributed by atoms with Crippen molar-refractivity contribution in [1.82, 2.24) is 10.2 Å². The Morgan fingerprint density at radius 1 is 1.10 bits per heavy atom. The van der Waals surface area contributed by atoms with Gasteiger partial charge in [0.05, 0.1) is 24.8 Å². The second-order valence-electron chi connectivity index (χ2n) is 12.0. The van der Waals surface area contributed by atoms with Crippen molar-refractivity contribution in [2.75, 3.05) is 18.1 Å². The lowest BCUT2D eigenvalue weighted by Gasteiger charge is -2.24. The van der Waals surface area contributed by atoms with Gasteiger partial charge in [-0.25, -0.2) is 4.39 Å². The van der Waals surface area contributed by atoms with Crippen LogP contribution in [0.2, 0.25) is 0 Å². The van der Waals surface area contributed by atoms with E-state index in [9.17, 15) is 19.1 Å². The molecule has 1 saturated heterocycles. The fourth-order valence-electron chi connectivity index (χ4n) is 5.67. The number of hydrogen-bond acceptors (Lipinski definition) is 10. The van der Waals surface area contributed by atoms with Crippen molar-refractivity contribution < 1.29 is 33.3 Å². The van der Waals surface area contributed by atoms with Crippen LogP contribution in [0, 0.1) is 11.7 Å². The Labute approximate surface area is 286 Å². The smallest absolute Gasteiger partial charge is 0.301 e. The maximum atomic E-state index is 14.3. The molecule has 2 atom stereocenters. The number of amides is 1. The van der Waals surface area contributed by atoms with E-state index < -0.39 is 17.7 Å². The van der Waals surface area contributed by atoms with Crippen molar-refractivity contribution in [1.29, 1.82) is 0 Å². The van der Waals surface area contributed by atoms with Gasteiger partial charge in [-0.1, -0.05) is 61.2 Å². The van der Waals surface area contributed by atoms with Crippen molar-refractivity contribution in [2.45, 2.75) is 62.8 Å². The molecule has 6 rings (SSSR count). The summed E-state index contributed by atoms with van der Waals surface area (Å²) in [5.74, 6) is 0.132. The van der Waals surface area contributed by atoms with Crippen molar-refractivity contribution in [3.8, 4) is 17.2 Å². The first-order valence-corrected chi connectivity index (χ1v) is 17.6. The standard InChI is InChI=1S/C36H36FN3O6S2/c1-5-44-29-18-22(10-13-28(29)45-15-14-20(2)3)31-30(32(41)23-11-12-27-25(17-23)16-21(4)46-27)33(42)34(43)40(31)35-38-39-36(48-35)47-19-24-8-6-7-9-26(24)37/h6-13,17-18,20-21,31,41H,5,14-16,19H2,1-4H3. The molecular weight excluding hydrogens is 654 g/mol. The van der Waals surface area contributed by atoms with E-state index in [0.717, 1.165) is 29.1 Å². The largest absolute Gasteiger partial charge is 0.507 e. The average Bonchev–Trinajstić information content (AvgIpc) is 3.75. The Morgan fingerprint density at radius 2 is 1.92 bits per heavy atom. The summed E-state index contributed by atoms with van der Waals surface area (Å²) in [5, 5.41) is 20.4. The third kappa shape index (κ3) is 6.91. The number of nitrogens with zero attached hydrogens (tertiary/aromatic N) is 3. The van der Waals surface area contributed by atoms with Gasteiger partial charge in [0.2, 0.25) is 5.13 Å². The number of Topliss-reactive ketones (excluding diaryl/α,β-unsaturated/α-hetero) is 1. The molecule has 2 aliphatic heterocycles. The predicted molar refractivity (Wildman–Crippen MR) is 183 cm³/mol. The summed E-state index contributed by atoms with van der Waals surface area (Å²) >= 11 is 2.39. The highest BCUT2D eigenvalue weighted by Crippen LogP contribution is 2.46. The van der Waals surface area contributed by atoms with E-state index in [4.69, 9.17) is 14.2 Å². The lowest BCUT2D eigenvalue weighted by atomic mass is 9.94. The lowest BCUT2D eigenvalue weighted by Crippen LogP contribution is -2.29. The van der Waals surface area contributed by atoms with Crippen LogP contribution in [0.3, 0.4) is 0 Å². The van der Waals surface area contributed by atoms with E-state index in [0.29, 0.717) is 63.8 Å². The molecule has 1 N–H and O–H groups in total. The predicted octanol–water partition coefficient (Wildman–Crippen LogP) is 7.74. The van der Waals surface area contributed by atoms with Gasteiger partial charge >= 0.3 is 5.91 Å². The van der Waals surface area contributed by atoms with Gasteiger partial charge in [0.25, 0.3) is 5.78 Å². The summed E-state index contributed by atoms with van der Waals surface area (Å²) in [6, 6.07) is 15.9. The highest BCUT2D eigenvalue weighted by molar-refractivity contribution is 8.00. The van der Waals surface area contributed by atoms with Crippen LogP contribution in [-0.4, -0.2) is 46.3 Å². The minimum Gasteiger partial charge on any atom is -0.507 e. The number of aliphatic hydroxyl groups is 1. The third-order valence-corrected chi connectivity index (χ3v) is 10.2. The number of halogens is 1. The summed E-state index contributed by atoms with van der Waals surface area (Å²) < 4.78 is 32.6. The molecule has 2 aliphatic rings. The van der Waals surface area contributed by atoms with Crippen LogP contribution in [0.4, 0.5) is 9.52 Å². The summed E-state index contributed by atoms with van der Waals surface area (Å²) in [7, 11) is 0. The van der Waals surface area contributed by atoms with E-state index in [-0.39, 0.29) is 28.4 Å². The number of hydrogen-bond donors (Lipinski definition) is 1. The molecule has 0 aliphatic carbocycles. The molecule has 3 heterocycles. The number of fused-ring (bicyclic) bond motifs is 1. The summed E-state index contributed by atoms with van der Waals surface area (Å²) in [4.78, 5) is 28.9. The number of benzene rings is 3. The van der Waals surface area contributed by atoms with E-state index in [2.05, 4.69) is 24.0 Å². The van der Waals surface area contributed by atoms with Crippen molar-refractivity contribution in [3.63, 3.8) is 0 Å². The summed E-state index contributed by atoms with van der Waals surface area (Å²) in [6.45, 7) is 8.90. The number of aliphatic hydroxyl groups excluding tert-OH is 1. The Morgan fingerprint density at radius 3 is 2.69 bits per heavy atom. The zero-order chi connectivity index (χ0) is 33.9. The van der Waals surface area contributed by atoms with Crippen LogP contribution in [0.15, 0.2) is 70.6 Å². The normalized spacial score (nSPS) is 18.3. The van der Waals surface area contributed by atoms with Crippen molar-refractivity contribution in [2.24, 2.45) is 5.92 Å². The van der Waals surface area contributed by atoms with Gasteiger partial charge in [-0.15, -0.1) is 10.2 Å². The Kier molecular flexibility index (Phi) is 10.0. The van der Waals surface area contributed by atoms with Gasteiger partial charge < -0.3 is 19.3 Å². The highest BCUT2D eigenvalue weighted by atomic mass is 32.2. The zero-order valence-electron chi connectivity index (χ0n) is 27.1. The van der Waals surface area contributed by atoms with Crippen LogP contribution in [0.25, 0.3) is 5.76 Å². The van der Waals surface area contributed by atoms with E-state index in [1.54, 1.807) is 54.6 Å². The molecule has 0 saturated carbocycles. The first kappa shape index (κ1) is 33.5. The molecule has 4 aromatic rings. The van der Waals surface area contributed by atoms with E-state index >= 15 is 0 Å². The lowest BCUT2D eigenvalue weighted by molar-refractivity contribution is -0.132. The molecule has 12 heteroatoms. The number of anilines is 1. The molecule has 9 nitrogen and oxygen atoms in total. The molecule has 0 bridgehead atoms. The summed E-state index contributed by atoms with van der Waals surface area (Å²) in [6.07, 6.45) is 1.50. The van der Waals surface area contributed by atoms with Crippen molar-refractivity contribution >= 4 is 45.7 Å². The monoisotopic (exact) mass is 689 g/mol. The van der Waals surface area contributed by atoms with Crippen LogP contribution in [-0.2, 0) is 21.8 Å². The molecule has 48 heavy (non-hydrogen) atoms. The highest BCUT2D eigenvalue weighted by Gasteiger charge is 2.48. The van der Waals surface area contributed by atoms with Gasteiger partial charge in [0, 0.05) is 17.7 Å². The number of rotatable bonds is 12. The van der Waals surface area contributed by atoms with Crippen LogP contribution in [0.5, 0.6) is 17.2 Å². The minimum atomic E-state index is -1.05. The fraction of sp³-hybridized carbons (Fsp3) is 0.333. The molecular formula is C36H36FN3O6S2. The maximum Gasteiger partial charge on any atom is 0.301 e. The van der Waals surface area contributed by atoms with Crippen LogP contribution in [0.1, 0.15) is 62.4 Å². The first-order chi connectivity index (χ1) is 23.1. The Bertz CT molecular complexity index is 1880. The van der Waals surface area contributed by atoms with Crippen molar-refractivity contribution in [3.05, 3.63) is 94.3 Å². The molecule has 0 radical (unpaired) electrons. The SMILES string of the molecule is CCOc1cc(C2C(=C(O)c3ccc4c(c3)CC(C)O4)C(=O)C(=O)N2c2nnc(SCc3ccccc3F)s2)ccc1OCCC(C)C. The molecule has 1 amide bonds. The van der Waals surface area contributed by atoms with Gasteiger partial charge in [-0.2, -0.15) is 0 Å². The Hall–Kier alpha value is -4.42. The quantitative estimate of drug-likeness (QED) is 0.0525. The first-order valence-electron chi connectivity index (χ1n) is 15.8. The number of ether oxygens (including phenoxy) is 3. The van der Waals surface area contributed by atoms with Gasteiger partial charge in [-0.3, -0.25) is 14.5 Å². The number of carbonyl (C=O) groups is 2. The maximum absolute atomic E-state index is 14.3. The van der Waals surface area contributed by atoms with Crippen LogP contribution < -0.4 is 19.1 Å². The number of aromatic nitrogens is 2. The fourth-order valence-corrected chi connectivity index (χ4v) is 7.52. The second-order valence-corrected chi connectivity index (χ2v) is 14.2. The molecule has 2 unspecified atom stereocenters.